The number of hydrogen-bond acceptors (Lipinski definition) is 14. The van der Waals surface area contributed by atoms with Crippen LogP contribution < -0.4 is 9.47 Å². The van der Waals surface area contributed by atoms with E-state index in [1.54, 1.807) is 6.07 Å². The smallest absolute Gasteiger partial charge is 0.348 e. The van der Waals surface area contributed by atoms with Gasteiger partial charge in [-0.3, -0.25) is 4.79 Å². The van der Waals surface area contributed by atoms with E-state index in [0.29, 0.717) is 30.9 Å². The molecule has 0 aromatic heterocycles. The standard InChI is InChI=1S/C29H33NO15/c1-12(25(37)44-16(24(35)36)11-18(31)32)42-26(38)20(33)21(34)27(39)43-15-6-7-29(40)17-10-13-4-5-14(41-3)22-19(13)28(29,23(15)45-22)8-9-30(17)2/h4-6,12,16-17,20-21,23,33-34,40H,7-11H2,1-3H3,(H,31,32)(H,35,36)/t12?,16?,17-,20-,21-,23+,28+,29-/m1/s1. The quantitative estimate of drug-likeness (QED) is 0.139. The van der Waals surface area contributed by atoms with Crippen molar-refractivity contribution in [2.24, 2.45) is 0 Å². The van der Waals surface area contributed by atoms with Crippen LogP contribution in [0.4, 0.5) is 0 Å². The summed E-state index contributed by atoms with van der Waals surface area (Å²) in [6.07, 6.45) is -8.51. The van der Waals surface area contributed by atoms with Gasteiger partial charge in [-0.1, -0.05) is 6.07 Å². The maximum absolute atomic E-state index is 13.0. The number of hydrogen-bond donors (Lipinski definition) is 5. The van der Waals surface area contributed by atoms with Gasteiger partial charge in [0.05, 0.1) is 24.5 Å². The first-order chi connectivity index (χ1) is 21.2. The van der Waals surface area contributed by atoms with Crippen molar-refractivity contribution < 1.29 is 73.2 Å². The van der Waals surface area contributed by atoms with E-state index in [-0.39, 0.29) is 18.2 Å². The van der Waals surface area contributed by atoms with Gasteiger partial charge in [0.15, 0.2) is 35.9 Å². The lowest BCUT2D eigenvalue weighted by molar-refractivity contribution is -0.186. The Morgan fingerprint density at radius 3 is 2.40 bits per heavy atom. The number of aliphatic hydroxyl groups excluding tert-OH is 2. The second-order valence-corrected chi connectivity index (χ2v) is 11.5. The number of esters is 3. The summed E-state index contributed by atoms with van der Waals surface area (Å²) in [7, 11) is 3.40. The molecule has 1 saturated heterocycles. The molecule has 45 heavy (non-hydrogen) atoms. The zero-order valence-electron chi connectivity index (χ0n) is 24.5. The number of benzene rings is 1. The zero-order chi connectivity index (χ0) is 33.0. The number of aliphatic hydroxyl groups is 3. The first-order valence-electron chi connectivity index (χ1n) is 14.1. The number of likely N-dealkylation sites (tertiary alicyclic amines) is 1. The average Bonchev–Trinajstić information content (AvgIpc) is 3.34. The molecule has 2 aliphatic heterocycles. The molecule has 2 heterocycles. The molecule has 16 nitrogen and oxygen atoms in total. The second-order valence-electron chi connectivity index (χ2n) is 11.5. The number of piperidine rings is 1. The van der Waals surface area contributed by atoms with Crippen molar-refractivity contribution in [1.82, 2.24) is 4.90 Å². The van der Waals surface area contributed by atoms with Crippen LogP contribution in [0, 0.1) is 0 Å². The lowest BCUT2D eigenvalue weighted by Gasteiger charge is -2.61. The molecule has 1 spiro atoms. The van der Waals surface area contributed by atoms with E-state index in [9.17, 15) is 39.3 Å². The highest BCUT2D eigenvalue weighted by Gasteiger charge is 2.72. The van der Waals surface area contributed by atoms with Gasteiger partial charge in [0.25, 0.3) is 0 Å². The van der Waals surface area contributed by atoms with Crippen LogP contribution >= 0.6 is 0 Å². The molecule has 8 atom stereocenters. The van der Waals surface area contributed by atoms with E-state index >= 15 is 0 Å². The van der Waals surface area contributed by atoms with Crippen molar-refractivity contribution in [3.63, 3.8) is 0 Å². The maximum atomic E-state index is 13.0. The van der Waals surface area contributed by atoms with Crippen molar-refractivity contribution in [3.05, 3.63) is 35.1 Å². The third-order valence-corrected chi connectivity index (χ3v) is 9.08. The largest absolute Gasteiger partial charge is 0.493 e. The van der Waals surface area contributed by atoms with Crippen LogP contribution in [0.25, 0.3) is 0 Å². The summed E-state index contributed by atoms with van der Waals surface area (Å²) in [6.45, 7) is 1.54. The summed E-state index contributed by atoms with van der Waals surface area (Å²) >= 11 is 0. The Labute approximate surface area is 255 Å². The van der Waals surface area contributed by atoms with E-state index in [0.717, 1.165) is 18.1 Å². The SMILES string of the molecule is COc1ccc2c3c1O[C@H]1C(OC(=O)[C@H](O)[C@@H](O)C(=O)OC(C)C(=O)OC(CC(=O)O)C(=O)O)=CC[C@@]4(O)[C@@H](C2)N(C)CC[C@]314. The lowest BCUT2D eigenvalue weighted by atomic mass is 9.50. The average molecular weight is 636 g/mol. The molecule has 4 aliphatic rings. The molecule has 1 aromatic carbocycles. The number of carboxylic acid groups (broad SMARTS) is 2. The van der Waals surface area contributed by atoms with Crippen molar-refractivity contribution >= 4 is 29.8 Å². The van der Waals surface area contributed by atoms with E-state index < -0.39 is 77.8 Å². The maximum Gasteiger partial charge on any atom is 0.348 e. The first-order valence-corrected chi connectivity index (χ1v) is 14.1. The highest BCUT2D eigenvalue weighted by molar-refractivity contribution is 5.88. The van der Waals surface area contributed by atoms with Crippen molar-refractivity contribution in [2.75, 3.05) is 20.7 Å². The Morgan fingerprint density at radius 2 is 1.76 bits per heavy atom. The number of carboxylic acids is 2. The van der Waals surface area contributed by atoms with E-state index in [4.69, 9.17) is 29.2 Å². The zero-order valence-corrected chi connectivity index (χ0v) is 24.5. The molecule has 1 aromatic rings. The highest BCUT2D eigenvalue weighted by Crippen LogP contribution is 2.65. The summed E-state index contributed by atoms with van der Waals surface area (Å²) in [5, 5.41) is 50.9. The molecule has 5 rings (SSSR count). The van der Waals surface area contributed by atoms with Crippen molar-refractivity contribution in [3.8, 4) is 11.5 Å². The highest BCUT2D eigenvalue weighted by atomic mass is 16.6. The number of likely N-dealkylation sites (N-methyl/N-ethyl adjacent to an activating group) is 1. The topological polar surface area (TPSA) is 236 Å². The Balaban J connectivity index is 1.31. The number of nitrogens with zero attached hydrogens (tertiary/aromatic N) is 1. The first kappa shape index (κ1) is 32.2. The number of carbonyl (C=O) groups is 5. The minimum Gasteiger partial charge on any atom is -0.493 e. The van der Waals surface area contributed by atoms with E-state index in [1.165, 1.54) is 13.2 Å². The van der Waals surface area contributed by atoms with Crippen LogP contribution in [0.5, 0.6) is 11.5 Å². The number of ether oxygens (including phenoxy) is 5. The van der Waals surface area contributed by atoms with Gasteiger partial charge in [-0.2, -0.15) is 0 Å². The number of carbonyl (C=O) groups excluding carboxylic acids is 3. The summed E-state index contributed by atoms with van der Waals surface area (Å²) < 4.78 is 26.6. The second kappa shape index (κ2) is 11.6. The molecule has 1 fully saturated rings. The Hall–Kier alpha value is -4.25. The number of rotatable bonds is 11. The minimum atomic E-state index is -2.54. The van der Waals surface area contributed by atoms with Gasteiger partial charge in [0.1, 0.15) is 5.76 Å². The fourth-order valence-electron chi connectivity index (χ4n) is 6.89. The Morgan fingerprint density at radius 1 is 1.07 bits per heavy atom. The van der Waals surface area contributed by atoms with Gasteiger partial charge in [-0.15, -0.1) is 0 Å². The number of methoxy groups -OCH3 is 1. The van der Waals surface area contributed by atoms with Crippen molar-refractivity contribution in [1.29, 1.82) is 0 Å². The Bertz CT molecular complexity index is 1470. The van der Waals surface area contributed by atoms with Crippen molar-refractivity contribution in [2.45, 2.75) is 80.2 Å². The molecule has 16 heteroatoms. The Kier molecular flexibility index (Phi) is 8.28. The molecule has 0 saturated carbocycles. The monoisotopic (exact) mass is 635 g/mol. The van der Waals surface area contributed by atoms with Gasteiger partial charge in [-0.25, -0.2) is 19.2 Å². The predicted molar refractivity (Wildman–Crippen MR) is 145 cm³/mol. The predicted octanol–water partition coefficient (Wildman–Crippen LogP) is -1.36. The van der Waals surface area contributed by atoms with Crippen LogP contribution in [0.3, 0.4) is 0 Å². The minimum absolute atomic E-state index is 0.0474. The summed E-state index contributed by atoms with van der Waals surface area (Å²) in [4.78, 5) is 61.6. The third kappa shape index (κ3) is 5.07. The van der Waals surface area contributed by atoms with Gasteiger partial charge >= 0.3 is 29.8 Å². The fraction of sp³-hybridized carbons (Fsp3) is 0.552. The third-order valence-electron chi connectivity index (χ3n) is 9.08. The van der Waals surface area contributed by atoms with Crippen LogP contribution in [-0.4, -0.2) is 123 Å². The van der Waals surface area contributed by atoms with Crippen LogP contribution in [0.1, 0.15) is 37.3 Å². The molecular weight excluding hydrogens is 602 g/mol. The van der Waals surface area contributed by atoms with E-state index in [2.05, 4.69) is 9.64 Å². The molecular formula is C29H33NO15. The molecule has 2 bridgehead atoms. The molecule has 2 unspecified atom stereocenters. The molecule has 5 N–H and O–H groups in total. The van der Waals surface area contributed by atoms with Crippen LogP contribution in [-0.2, 0) is 50.0 Å². The molecule has 0 amide bonds. The molecule has 244 valence electrons. The lowest BCUT2D eigenvalue weighted by Crippen LogP contribution is -2.74. The van der Waals surface area contributed by atoms with Crippen LogP contribution in [0.15, 0.2) is 24.0 Å². The van der Waals surface area contributed by atoms with Gasteiger partial charge in [0, 0.05) is 18.0 Å². The fourth-order valence-corrected chi connectivity index (χ4v) is 6.89. The molecule has 0 radical (unpaired) electrons. The number of aliphatic carboxylic acids is 2. The normalized spacial score (nSPS) is 28.6. The summed E-state index contributed by atoms with van der Waals surface area (Å²) in [5.74, 6) is -7.10. The van der Waals surface area contributed by atoms with E-state index in [1.807, 2.05) is 13.1 Å². The summed E-state index contributed by atoms with van der Waals surface area (Å²) in [6, 6.07) is 3.40. The van der Waals surface area contributed by atoms with Gasteiger partial charge in [-0.05, 0) is 51.1 Å². The van der Waals surface area contributed by atoms with Gasteiger partial charge < -0.3 is 54.1 Å². The van der Waals surface area contributed by atoms with Gasteiger partial charge in [0.2, 0.25) is 6.10 Å². The summed E-state index contributed by atoms with van der Waals surface area (Å²) in [5.41, 5.74) is -0.620. The van der Waals surface area contributed by atoms with Crippen LogP contribution in [0.2, 0.25) is 0 Å². The molecule has 2 aliphatic carbocycles.